The fourth-order valence-corrected chi connectivity index (χ4v) is 2.86. The standard InChI is InChI=1S/C12H13ClN2OS/c1-14-6-8-7-15-12(17-8)11-9(13)4-3-5-10(11)16-2/h3-5,7,14H,6H2,1-2H3. The molecule has 90 valence electrons. The van der Waals surface area contributed by atoms with Crippen molar-refractivity contribution >= 4 is 22.9 Å². The molecule has 0 radical (unpaired) electrons. The van der Waals surface area contributed by atoms with Crippen molar-refractivity contribution in [1.29, 1.82) is 0 Å². The molecule has 0 unspecified atom stereocenters. The summed E-state index contributed by atoms with van der Waals surface area (Å²) in [4.78, 5) is 5.56. The molecule has 0 aliphatic rings. The predicted molar refractivity (Wildman–Crippen MR) is 71.9 cm³/mol. The second-order valence-electron chi connectivity index (χ2n) is 3.48. The number of halogens is 1. The van der Waals surface area contributed by atoms with Crippen molar-refractivity contribution in [1.82, 2.24) is 10.3 Å². The Morgan fingerprint density at radius 1 is 1.47 bits per heavy atom. The van der Waals surface area contributed by atoms with Gasteiger partial charge < -0.3 is 10.1 Å². The van der Waals surface area contributed by atoms with Gasteiger partial charge in [-0.05, 0) is 19.2 Å². The van der Waals surface area contributed by atoms with E-state index < -0.39 is 0 Å². The summed E-state index contributed by atoms with van der Waals surface area (Å²) in [6.07, 6.45) is 1.86. The van der Waals surface area contributed by atoms with E-state index in [2.05, 4.69) is 10.3 Å². The van der Waals surface area contributed by atoms with Gasteiger partial charge in [0.2, 0.25) is 0 Å². The van der Waals surface area contributed by atoms with Crippen molar-refractivity contribution in [3.8, 4) is 16.3 Å². The summed E-state index contributed by atoms with van der Waals surface area (Å²) in [5, 5.41) is 4.65. The van der Waals surface area contributed by atoms with E-state index >= 15 is 0 Å². The van der Waals surface area contributed by atoms with Gasteiger partial charge in [-0.15, -0.1) is 11.3 Å². The summed E-state index contributed by atoms with van der Waals surface area (Å²) in [5.74, 6) is 0.753. The molecule has 5 heteroatoms. The zero-order valence-electron chi connectivity index (χ0n) is 9.66. The summed E-state index contributed by atoms with van der Waals surface area (Å²) >= 11 is 7.82. The molecule has 1 aromatic heterocycles. The van der Waals surface area contributed by atoms with Gasteiger partial charge in [-0.3, -0.25) is 0 Å². The molecule has 0 fully saturated rings. The third kappa shape index (κ3) is 2.60. The molecule has 1 heterocycles. The highest BCUT2D eigenvalue weighted by molar-refractivity contribution is 7.15. The van der Waals surface area contributed by atoms with Gasteiger partial charge in [0.1, 0.15) is 10.8 Å². The first kappa shape index (κ1) is 12.4. The van der Waals surface area contributed by atoms with E-state index in [4.69, 9.17) is 16.3 Å². The number of methoxy groups -OCH3 is 1. The van der Waals surface area contributed by atoms with Crippen LogP contribution < -0.4 is 10.1 Å². The maximum atomic E-state index is 6.20. The van der Waals surface area contributed by atoms with Crippen LogP contribution in [0.1, 0.15) is 4.88 Å². The second kappa shape index (κ2) is 5.49. The third-order valence-corrected chi connectivity index (χ3v) is 3.64. The molecule has 0 aliphatic heterocycles. The average Bonchev–Trinajstić information content (AvgIpc) is 2.77. The van der Waals surface area contributed by atoms with Crippen LogP contribution in [-0.4, -0.2) is 19.1 Å². The highest BCUT2D eigenvalue weighted by Crippen LogP contribution is 2.38. The molecule has 0 saturated heterocycles. The SMILES string of the molecule is CNCc1cnc(-c2c(Cl)cccc2OC)s1. The van der Waals surface area contributed by atoms with E-state index in [0.29, 0.717) is 5.02 Å². The lowest BCUT2D eigenvalue weighted by atomic mass is 10.2. The number of benzene rings is 1. The molecular weight excluding hydrogens is 256 g/mol. The van der Waals surface area contributed by atoms with Gasteiger partial charge >= 0.3 is 0 Å². The number of ether oxygens (including phenoxy) is 1. The van der Waals surface area contributed by atoms with Gasteiger partial charge in [0.15, 0.2) is 0 Å². The number of aromatic nitrogens is 1. The normalized spacial score (nSPS) is 10.5. The Hall–Kier alpha value is -1.10. The lowest BCUT2D eigenvalue weighted by Gasteiger charge is -2.07. The largest absolute Gasteiger partial charge is 0.496 e. The van der Waals surface area contributed by atoms with Gasteiger partial charge in [-0.1, -0.05) is 17.7 Å². The van der Waals surface area contributed by atoms with Gasteiger partial charge in [0.25, 0.3) is 0 Å². The smallest absolute Gasteiger partial charge is 0.130 e. The molecule has 2 rings (SSSR count). The van der Waals surface area contributed by atoms with Crippen LogP contribution in [0.4, 0.5) is 0 Å². The van der Waals surface area contributed by atoms with Crippen LogP contribution in [0.3, 0.4) is 0 Å². The van der Waals surface area contributed by atoms with Crippen molar-refractivity contribution < 1.29 is 4.74 Å². The van der Waals surface area contributed by atoms with Crippen LogP contribution in [0.2, 0.25) is 5.02 Å². The number of thiazole rings is 1. The van der Waals surface area contributed by atoms with E-state index in [0.717, 1.165) is 22.9 Å². The first-order chi connectivity index (χ1) is 8.26. The molecule has 0 aliphatic carbocycles. The molecule has 0 atom stereocenters. The molecule has 1 aromatic carbocycles. The van der Waals surface area contributed by atoms with Crippen LogP contribution in [0.5, 0.6) is 5.75 Å². The minimum Gasteiger partial charge on any atom is -0.496 e. The first-order valence-electron chi connectivity index (χ1n) is 5.18. The first-order valence-corrected chi connectivity index (χ1v) is 6.38. The summed E-state index contributed by atoms with van der Waals surface area (Å²) in [5.41, 5.74) is 0.865. The molecule has 1 N–H and O–H groups in total. The summed E-state index contributed by atoms with van der Waals surface area (Å²) in [6, 6.07) is 5.60. The average molecular weight is 269 g/mol. The Balaban J connectivity index is 2.44. The number of hydrogen-bond acceptors (Lipinski definition) is 4. The maximum absolute atomic E-state index is 6.20. The highest BCUT2D eigenvalue weighted by Gasteiger charge is 2.13. The maximum Gasteiger partial charge on any atom is 0.130 e. The number of nitrogens with zero attached hydrogens (tertiary/aromatic N) is 1. The summed E-state index contributed by atoms with van der Waals surface area (Å²) < 4.78 is 5.32. The molecule has 0 amide bonds. The third-order valence-electron chi connectivity index (χ3n) is 2.31. The van der Waals surface area contributed by atoms with E-state index in [9.17, 15) is 0 Å². The van der Waals surface area contributed by atoms with Crippen LogP contribution in [0.25, 0.3) is 10.6 Å². The Bertz CT molecular complexity index is 513. The molecule has 0 bridgehead atoms. The van der Waals surface area contributed by atoms with Crippen molar-refractivity contribution in [2.45, 2.75) is 6.54 Å². The second-order valence-corrected chi connectivity index (χ2v) is 5.00. The van der Waals surface area contributed by atoms with Gasteiger partial charge in [0, 0.05) is 17.6 Å². The molecule has 3 nitrogen and oxygen atoms in total. The topological polar surface area (TPSA) is 34.2 Å². The van der Waals surface area contributed by atoms with Gasteiger partial charge in [0.05, 0.1) is 17.7 Å². The Labute approximate surface area is 109 Å². The minimum atomic E-state index is 0.662. The Morgan fingerprint density at radius 2 is 2.29 bits per heavy atom. The minimum absolute atomic E-state index is 0.662. The van der Waals surface area contributed by atoms with Crippen LogP contribution >= 0.6 is 22.9 Å². The van der Waals surface area contributed by atoms with Crippen molar-refractivity contribution in [2.24, 2.45) is 0 Å². The predicted octanol–water partition coefficient (Wildman–Crippen LogP) is 3.19. The lowest BCUT2D eigenvalue weighted by Crippen LogP contribution is -2.02. The zero-order chi connectivity index (χ0) is 12.3. The van der Waals surface area contributed by atoms with Crippen molar-refractivity contribution in [3.63, 3.8) is 0 Å². The number of hydrogen-bond donors (Lipinski definition) is 1. The monoisotopic (exact) mass is 268 g/mol. The molecule has 0 spiro atoms. The molecule has 17 heavy (non-hydrogen) atoms. The van der Waals surface area contributed by atoms with Crippen molar-refractivity contribution in [2.75, 3.05) is 14.2 Å². The van der Waals surface area contributed by atoms with E-state index in [-0.39, 0.29) is 0 Å². The van der Waals surface area contributed by atoms with E-state index in [1.807, 2.05) is 31.4 Å². The molecule has 2 aromatic rings. The molecular formula is C12H13ClN2OS. The van der Waals surface area contributed by atoms with Crippen LogP contribution in [0, 0.1) is 0 Å². The van der Waals surface area contributed by atoms with Crippen LogP contribution in [0.15, 0.2) is 24.4 Å². The van der Waals surface area contributed by atoms with E-state index in [1.165, 1.54) is 4.88 Å². The van der Waals surface area contributed by atoms with Gasteiger partial charge in [-0.25, -0.2) is 4.98 Å². The fraction of sp³-hybridized carbons (Fsp3) is 0.250. The Morgan fingerprint density at radius 3 is 3.00 bits per heavy atom. The highest BCUT2D eigenvalue weighted by atomic mass is 35.5. The number of nitrogens with one attached hydrogen (secondary N) is 1. The van der Waals surface area contributed by atoms with Gasteiger partial charge in [-0.2, -0.15) is 0 Å². The lowest BCUT2D eigenvalue weighted by molar-refractivity contribution is 0.416. The van der Waals surface area contributed by atoms with E-state index in [1.54, 1.807) is 18.4 Å². The Kier molecular flexibility index (Phi) is 3.99. The summed E-state index contributed by atoms with van der Waals surface area (Å²) in [7, 11) is 3.55. The number of rotatable bonds is 4. The molecule has 0 saturated carbocycles. The summed E-state index contributed by atoms with van der Waals surface area (Å²) in [6.45, 7) is 0.810. The van der Waals surface area contributed by atoms with Crippen molar-refractivity contribution in [3.05, 3.63) is 34.3 Å². The quantitative estimate of drug-likeness (QED) is 0.925. The fourth-order valence-electron chi connectivity index (χ4n) is 1.56. The van der Waals surface area contributed by atoms with Crippen LogP contribution in [-0.2, 0) is 6.54 Å². The zero-order valence-corrected chi connectivity index (χ0v) is 11.2.